The topological polar surface area (TPSA) is 115 Å². The van der Waals surface area contributed by atoms with E-state index in [1.807, 2.05) is 23.1 Å². The van der Waals surface area contributed by atoms with E-state index in [1.165, 1.54) is 0 Å². The van der Waals surface area contributed by atoms with Crippen molar-refractivity contribution in [3.05, 3.63) is 58.8 Å². The van der Waals surface area contributed by atoms with Gasteiger partial charge in [0.25, 0.3) is 0 Å². The number of pyridine rings is 1. The summed E-state index contributed by atoms with van der Waals surface area (Å²) in [7, 11) is 3.41. The quantitative estimate of drug-likeness (QED) is 0.629. The fourth-order valence-corrected chi connectivity index (χ4v) is 4.45. The first-order valence-corrected chi connectivity index (χ1v) is 10.2. The number of imidazole rings is 1. The van der Waals surface area contributed by atoms with Crippen LogP contribution in [0.15, 0.2) is 47.4 Å². The van der Waals surface area contributed by atoms with Crippen LogP contribution in [-0.4, -0.2) is 50.5 Å². The van der Waals surface area contributed by atoms with Gasteiger partial charge in [0, 0.05) is 32.5 Å². The number of primary amides is 1. The van der Waals surface area contributed by atoms with Crippen molar-refractivity contribution in [1.29, 1.82) is 0 Å². The second kappa shape index (κ2) is 7.99. The first-order valence-electron chi connectivity index (χ1n) is 10.2. The van der Waals surface area contributed by atoms with Gasteiger partial charge in [0.2, 0.25) is 11.8 Å². The molecule has 2 amide bonds. The molecule has 1 saturated heterocycles. The zero-order chi connectivity index (χ0) is 22.2. The molecule has 1 fully saturated rings. The molecule has 162 valence electrons. The van der Waals surface area contributed by atoms with Gasteiger partial charge >= 0.3 is 5.69 Å². The van der Waals surface area contributed by atoms with Crippen LogP contribution in [-0.2, 0) is 29.1 Å². The lowest BCUT2D eigenvalue weighted by Gasteiger charge is -2.40. The zero-order valence-corrected chi connectivity index (χ0v) is 17.7. The monoisotopic (exact) mass is 422 g/mol. The number of benzene rings is 1. The van der Waals surface area contributed by atoms with Crippen molar-refractivity contribution < 1.29 is 9.59 Å². The number of nitrogens with two attached hydrogens (primary N) is 1. The molecular formula is C22H26N6O3. The summed E-state index contributed by atoms with van der Waals surface area (Å²) in [6.07, 6.45) is 3.00. The molecule has 3 heterocycles. The Kier molecular flexibility index (Phi) is 5.36. The Morgan fingerprint density at radius 2 is 1.94 bits per heavy atom. The lowest BCUT2D eigenvalue weighted by molar-refractivity contribution is -0.127. The van der Waals surface area contributed by atoms with Gasteiger partial charge in [-0.15, -0.1) is 0 Å². The second-order valence-electron chi connectivity index (χ2n) is 8.13. The van der Waals surface area contributed by atoms with Crippen molar-refractivity contribution in [2.75, 3.05) is 25.0 Å². The number of aromatic nitrogens is 3. The maximum atomic E-state index is 12.7. The normalized spacial score (nSPS) is 19.4. The van der Waals surface area contributed by atoms with E-state index in [1.54, 1.807) is 47.6 Å². The van der Waals surface area contributed by atoms with Gasteiger partial charge in [-0.1, -0.05) is 6.07 Å². The fourth-order valence-electron chi connectivity index (χ4n) is 4.45. The molecule has 0 aliphatic carbocycles. The highest BCUT2D eigenvalue weighted by atomic mass is 16.2. The Morgan fingerprint density at radius 1 is 1.16 bits per heavy atom. The first-order chi connectivity index (χ1) is 14.8. The highest BCUT2D eigenvalue weighted by molar-refractivity contribution is 5.94. The predicted octanol–water partition coefficient (Wildman–Crippen LogP) is 0.730. The molecule has 3 N–H and O–H groups in total. The third-order valence-electron chi connectivity index (χ3n) is 6.12. The fraction of sp³-hybridized carbons (Fsp3) is 0.364. The average Bonchev–Trinajstić information content (AvgIpc) is 2.98. The molecule has 1 aliphatic rings. The SMILES string of the molecule is Cn1c(=O)n(C)c2cc(NC(=O)CN3CCC[C@@](C(N)=O)(c4ccccn4)C3)ccc21. The number of carbonyl (C=O) groups excluding carboxylic acids is 2. The third-order valence-corrected chi connectivity index (χ3v) is 6.12. The van der Waals surface area contributed by atoms with E-state index < -0.39 is 11.3 Å². The molecule has 9 heteroatoms. The van der Waals surface area contributed by atoms with Gasteiger partial charge in [-0.3, -0.25) is 28.6 Å². The zero-order valence-electron chi connectivity index (χ0n) is 17.7. The number of aryl methyl sites for hydroxylation is 2. The van der Waals surface area contributed by atoms with Crippen molar-refractivity contribution in [2.24, 2.45) is 19.8 Å². The average molecular weight is 422 g/mol. The van der Waals surface area contributed by atoms with E-state index in [0.29, 0.717) is 30.9 Å². The van der Waals surface area contributed by atoms with Crippen LogP contribution in [0.2, 0.25) is 0 Å². The number of nitrogens with zero attached hydrogens (tertiary/aromatic N) is 4. The largest absolute Gasteiger partial charge is 0.369 e. The van der Waals surface area contributed by atoms with E-state index in [0.717, 1.165) is 17.5 Å². The van der Waals surface area contributed by atoms with E-state index >= 15 is 0 Å². The van der Waals surface area contributed by atoms with Gasteiger partial charge in [-0.25, -0.2) is 4.79 Å². The summed E-state index contributed by atoms with van der Waals surface area (Å²) in [5.41, 5.74) is 7.56. The Labute approximate surface area is 179 Å². The Balaban J connectivity index is 1.50. The maximum Gasteiger partial charge on any atom is 0.328 e. The Morgan fingerprint density at radius 3 is 2.65 bits per heavy atom. The van der Waals surface area contributed by atoms with Crippen LogP contribution in [0, 0.1) is 0 Å². The van der Waals surface area contributed by atoms with Crippen LogP contribution in [0.5, 0.6) is 0 Å². The van der Waals surface area contributed by atoms with Gasteiger partial charge < -0.3 is 11.1 Å². The molecule has 0 spiro atoms. The van der Waals surface area contributed by atoms with Gasteiger partial charge in [-0.2, -0.15) is 0 Å². The second-order valence-corrected chi connectivity index (χ2v) is 8.13. The number of likely N-dealkylation sites (tertiary alicyclic amines) is 1. The molecular weight excluding hydrogens is 396 g/mol. The van der Waals surface area contributed by atoms with Crippen molar-refractivity contribution in [3.63, 3.8) is 0 Å². The molecule has 0 radical (unpaired) electrons. The minimum absolute atomic E-state index is 0.121. The standard InChI is InChI=1S/C22H26N6O3/c1-26-16-8-7-15(12-17(16)27(2)21(26)31)25-19(29)13-28-11-5-9-22(14-28,20(23)30)18-6-3-4-10-24-18/h3-4,6-8,10,12H,5,9,11,13-14H2,1-2H3,(H2,23,30)(H,25,29)/t22-/m0/s1. The molecule has 1 aliphatic heterocycles. The van der Waals surface area contributed by atoms with Crippen LogP contribution in [0.4, 0.5) is 5.69 Å². The molecule has 2 aromatic heterocycles. The smallest absolute Gasteiger partial charge is 0.328 e. The molecule has 0 saturated carbocycles. The van der Waals surface area contributed by atoms with Crippen molar-refractivity contribution >= 4 is 28.5 Å². The van der Waals surface area contributed by atoms with Gasteiger partial charge in [-0.05, 0) is 49.7 Å². The molecule has 0 unspecified atom stereocenters. The number of fused-ring (bicyclic) bond motifs is 1. The molecule has 31 heavy (non-hydrogen) atoms. The summed E-state index contributed by atoms with van der Waals surface area (Å²) in [6.45, 7) is 1.17. The van der Waals surface area contributed by atoms with Crippen LogP contribution in [0.3, 0.4) is 0 Å². The van der Waals surface area contributed by atoms with Gasteiger partial charge in [0.15, 0.2) is 0 Å². The van der Waals surface area contributed by atoms with Crippen molar-refractivity contribution in [2.45, 2.75) is 18.3 Å². The number of piperidine rings is 1. The van der Waals surface area contributed by atoms with E-state index in [2.05, 4.69) is 10.3 Å². The number of carbonyl (C=O) groups is 2. The number of anilines is 1. The molecule has 4 rings (SSSR count). The molecule has 0 bridgehead atoms. The number of rotatable bonds is 5. The van der Waals surface area contributed by atoms with E-state index in [4.69, 9.17) is 5.73 Å². The summed E-state index contributed by atoms with van der Waals surface area (Å²) < 4.78 is 3.11. The summed E-state index contributed by atoms with van der Waals surface area (Å²) in [4.78, 5) is 43.6. The van der Waals surface area contributed by atoms with Crippen molar-refractivity contribution in [3.8, 4) is 0 Å². The number of nitrogens with one attached hydrogen (secondary N) is 1. The maximum absolute atomic E-state index is 12.7. The van der Waals surface area contributed by atoms with E-state index in [-0.39, 0.29) is 18.1 Å². The molecule has 3 aromatic rings. The summed E-state index contributed by atoms with van der Waals surface area (Å²) in [5.74, 6) is -0.617. The number of hydrogen-bond acceptors (Lipinski definition) is 5. The van der Waals surface area contributed by atoms with Gasteiger partial charge in [0.05, 0.1) is 23.3 Å². The summed E-state index contributed by atoms with van der Waals surface area (Å²) >= 11 is 0. The summed E-state index contributed by atoms with van der Waals surface area (Å²) in [6, 6.07) is 10.8. The number of hydrogen-bond donors (Lipinski definition) is 2. The Bertz CT molecular complexity index is 1200. The minimum atomic E-state index is -0.902. The summed E-state index contributed by atoms with van der Waals surface area (Å²) in [5, 5.41) is 2.90. The van der Waals surface area contributed by atoms with Crippen molar-refractivity contribution in [1.82, 2.24) is 19.0 Å². The van der Waals surface area contributed by atoms with Gasteiger partial charge in [0.1, 0.15) is 5.41 Å². The molecule has 9 nitrogen and oxygen atoms in total. The lowest BCUT2D eigenvalue weighted by atomic mass is 9.76. The predicted molar refractivity (Wildman–Crippen MR) is 118 cm³/mol. The van der Waals surface area contributed by atoms with Crippen LogP contribution >= 0.6 is 0 Å². The lowest BCUT2D eigenvalue weighted by Crippen LogP contribution is -2.55. The van der Waals surface area contributed by atoms with E-state index in [9.17, 15) is 14.4 Å². The highest BCUT2D eigenvalue weighted by Gasteiger charge is 2.43. The Hall–Kier alpha value is -3.46. The highest BCUT2D eigenvalue weighted by Crippen LogP contribution is 2.32. The molecule has 1 aromatic carbocycles. The first kappa shape index (κ1) is 20.8. The molecule has 1 atom stereocenters. The minimum Gasteiger partial charge on any atom is -0.369 e. The third kappa shape index (κ3) is 3.72. The number of amides is 2. The van der Waals surface area contributed by atoms with Crippen LogP contribution in [0.25, 0.3) is 11.0 Å². The van der Waals surface area contributed by atoms with Crippen LogP contribution < -0.4 is 16.7 Å². The van der Waals surface area contributed by atoms with Crippen LogP contribution in [0.1, 0.15) is 18.5 Å².